The average molecular weight is 928 g/mol. The lowest BCUT2D eigenvalue weighted by Crippen LogP contribution is -2.61. The van der Waals surface area contributed by atoms with Gasteiger partial charge in [0.2, 0.25) is 5.79 Å². The van der Waals surface area contributed by atoms with Gasteiger partial charge in [0.05, 0.1) is 18.3 Å². The predicted octanol–water partition coefficient (Wildman–Crippen LogP) is 6.65. The van der Waals surface area contributed by atoms with Gasteiger partial charge >= 0.3 is 5.97 Å². The molecular formula is C51H77NO12S. The van der Waals surface area contributed by atoms with Crippen molar-refractivity contribution in [3.8, 4) is 0 Å². The number of Topliss-reactive ketones (excluding diaryl/α,β-unsaturated/α-hetero) is 3. The van der Waals surface area contributed by atoms with Gasteiger partial charge in [0, 0.05) is 55.4 Å². The lowest BCUT2D eigenvalue weighted by Gasteiger charge is -2.43. The van der Waals surface area contributed by atoms with Crippen LogP contribution in [-0.2, 0) is 42.9 Å². The molecule has 13 nitrogen and oxygen atoms in total. The molecular weight excluding hydrogens is 851 g/mol. The van der Waals surface area contributed by atoms with E-state index in [0.29, 0.717) is 63.4 Å². The molecule has 1 unspecified atom stereocenters. The molecule has 65 heavy (non-hydrogen) atoms. The van der Waals surface area contributed by atoms with Crippen molar-refractivity contribution in [3.05, 3.63) is 47.6 Å². The third kappa shape index (κ3) is 13.2. The van der Waals surface area contributed by atoms with Crippen molar-refractivity contribution in [3.63, 3.8) is 0 Å². The van der Waals surface area contributed by atoms with Crippen LogP contribution in [0.5, 0.6) is 0 Å². The summed E-state index contributed by atoms with van der Waals surface area (Å²) in [5, 5.41) is 33.9. The number of piperidine rings is 1. The van der Waals surface area contributed by atoms with Crippen LogP contribution in [0.2, 0.25) is 0 Å². The average Bonchev–Trinajstić information content (AvgIpc) is 4.07. The van der Waals surface area contributed by atoms with Gasteiger partial charge in [-0.2, -0.15) is 0 Å². The Hall–Kier alpha value is -2.98. The fourth-order valence-corrected chi connectivity index (χ4v) is 11.5. The van der Waals surface area contributed by atoms with Crippen molar-refractivity contribution in [2.24, 2.45) is 35.5 Å². The summed E-state index contributed by atoms with van der Waals surface area (Å²) < 4.78 is 23.5. The zero-order chi connectivity index (χ0) is 47.8. The molecule has 364 valence electrons. The number of esters is 1. The summed E-state index contributed by atoms with van der Waals surface area (Å²) in [6, 6.07) is -1.12. The quantitative estimate of drug-likeness (QED) is 0.115. The number of aliphatic hydroxyl groups is 3. The van der Waals surface area contributed by atoms with Gasteiger partial charge in [0.25, 0.3) is 11.7 Å². The molecule has 4 fully saturated rings. The molecule has 3 saturated heterocycles. The van der Waals surface area contributed by atoms with Crippen LogP contribution in [0.25, 0.3) is 0 Å². The SMILES string of the molecule is CO[C@@H]1C[C@H](C[C@@H](C)[C@@H]2CC(=O)[C@H](C)/C=C(\C)[C@@H](O)[C@@H](OC)C(=O)[C@H](C)C[C@H](C)/C=C/C=C/C=C(\C)C3(CS3)C[C@@H]3CC[C@@H](C)[C@@](O)(O3)C(=O)C(=O)N3CCCC[C@H]3C(=O)O2)CC[C@H]1O. The molecule has 14 heteroatoms. The molecule has 2 bridgehead atoms. The van der Waals surface area contributed by atoms with E-state index in [9.17, 15) is 39.3 Å². The molecule has 15 atom stereocenters. The van der Waals surface area contributed by atoms with E-state index in [4.69, 9.17) is 18.9 Å². The monoisotopic (exact) mass is 928 g/mol. The number of ether oxygens (including phenoxy) is 4. The molecule has 4 heterocycles. The van der Waals surface area contributed by atoms with Gasteiger partial charge in [-0.1, -0.05) is 76.6 Å². The fourth-order valence-electron chi connectivity index (χ4n) is 10.4. The van der Waals surface area contributed by atoms with Crippen molar-refractivity contribution < 1.29 is 58.2 Å². The lowest BCUT2D eigenvalue weighted by atomic mass is 9.78. The number of rotatable bonds is 5. The molecule has 1 amide bonds. The van der Waals surface area contributed by atoms with Crippen molar-refractivity contribution in [2.75, 3.05) is 26.5 Å². The molecule has 1 spiro atoms. The maximum atomic E-state index is 14.4. The van der Waals surface area contributed by atoms with E-state index >= 15 is 0 Å². The summed E-state index contributed by atoms with van der Waals surface area (Å²) in [5.41, 5.74) is 1.52. The number of carbonyl (C=O) groups is 5. The van der Waals surface area contributed by atoms with E-state index in [1.54, 1.807) is 45.7 Å². The topological polar surface area (TPSA) is 186 Å². The minimum atomic E-state index is -2.37. The second-order valence-electron chi connectivity index (χ2n) is 20.1. The van der Waals surface area contributed by atoms with Crippen LogP contribution < -0.4 is 0 Å². The zero-order valence-electron chi connectivity index (χ0n) is 40.2. The number of hydrogen-bond acceptors (Lipinski definition) is 13. The number of nitrogens with zero attached hydrogens (tertiary/aromatic N) is 1. The van der Waals surface area contributed by atoms with Crippen LogP contribution in [0.15, 0.2) is 47.6 Å². The van der Waals surface area contributed by atoms with Gasteiger partial charge in [-0.05, 0) is 108 Å². The van der Waals surface area contributed by atoms with Gasteiger partial charge < -0.3 is 39.2 Å². The highest BCUT2D eigenvalue weighted by molar-refractivity contribution is 8.08. The maximum absolute atomic E-state index is 14.4. The van der Waals surface area contributed by atoms with Crippen LogP contribution in [-0.4, -0.2) is 129 Å². The van der Waals surface area contributed by atoms with Crippen LogP contribution in [0, 0.1) is 35.5 Å². The Kier molecular flexibility index (Phi) is 19.0. The highest BCUT2D eigenvalue weighted by Crippen LogP contribution is 2.55. The van der Waals surface area contributed by atoms with Crippen LogP contribution in [0.4, 0.5) is 0 Å². The molecule has 5 rings (SSSR count). The molecule has 5 aliphatic rings. The molecule has 4 aliphatic heterocycles. The summed E-state index contributed by atoms with van der Waals surface area (Å²) in [6.45, 7) is 13.0. The molecule has 1 aliphatic carbocycles. The first-order chi connectivity index (χ1) is 30.7. The van der Waals surface area contributed by atoms with E-state index in [-0.39, 0.29) is 59.6 Å². The van der Waals surface area contributed by atoms with E-state index in [1.165, 1.54) is 12.0 Å². The summed E-state index contributed by atoms with van der Waals surface area (Å²) >= 11 is 1.78. The second kappa shape index (κ2) is 23.4. The number of ketones is 3. The summed E-state index contributed by atoms with van der Waals surface area (Å²) in [6.07, 6.45) is 12.7. The Bertz CT molecular complexity index is 1820. The Morgan fingerprint density at radius 1 is 0.923 bits per heavy atom. The number of thioether (sulfide) groups is 1. The fraction of sp³-hybridized carbons (Fsp3) is 0.745. The number of cyclic esters (lactones) is 1. The first kappa shape index (κ1) is 53.0. The van der Waals surface area contributed by atoms with Crippen LogP contribution in [0.3, 0.4) is 0 Å². The Balaban J connectivity index is 1.46. The Morgan fingerprint density at radius 2 is 1.65 bits per heavy atom. The third-order valence-electron chi connectivity index (χ3n) is 15.0. The Labute approximate surface area is 391 Å². The van der Waals surface area contributed by atoms with Gasteiger partial charge in [0.1, 0.15) is 30.1 Å². The first-order valence-corrected chi connectivity index (χ1v) is 25.0. The molecule has 0 aromatic rings. The molecule has 0 radical (unpaired) electrons. The summed E-state index contributed by atoms with van der Waals surface area (Å²) in [7, 11) is 2.96. The lowest BCUT2D eigenvalue weighted by molar-refractivity contribution is -0.263. The number of fused-ring (bicyclic) bond motifs is 3. The number of carbonyl (C=O) groups excluding carboxylic acids is 5. The van der Waals surface area contributed by atoms with E-state index in [2.05, 4.69) is 13.0 Å². The number of methoxy groups -OCH3 is 2. The molecule has 1 saturated carbocycles. The van der Waals surface area contributed by atoms with Crippen molar-refractivity contribution in [1.29, 1.82) is 0 Å². The largest absolute Gasteiger partial charge is 0.460 e. The van der Waals surface area contributed by atoms with Gasteiger partial charge in [-0.25, -0.2) is 4.79 Å². The Morgan fingerprint density at radius 3 is 2.32 bits per heavy atom. The minimum Gasteiger partial charge on any atom is -0.460 e. The number of amides is 1. The van der Waals surface area contributed by atoms with Gasteiger partial charge in [-0.3, -0.25) is 19.2 Å². The molecule has 0 aromatic carbocycles. The predicted molar refractivity (Wildman–Crippen MR) is 250 cm³/mol. The van der Waals surface area contributed by atoms with Crippen LogP contribution >= 0.6 is 11.8 Å². The van der Waals surface area contributed by atoms with Crippen molar-refractivity contribution in [1.82, 2.24) is 4.90 Å². The highest BCUT2D eigenvalue weighted by Gasteiger charge is 2.55. The summed E-state index contributed by atoms with van der Waals surface area (Å²) in [5.74, 6) is -6.81. The zero-order valence-corrected chi connectivity index (χ0v) is 41.1. The van der Waals surface area contributed by atoms with Crippen LogP contribution in [0.1, 0.15) is 126 Å². The molecule has 0 aromatic heterocycles. The van der Waals surface area contributed by atoms with Crippen molar-refractivity contribution in [2.45, 2.75) is 179 Å². The first-order valence-electron chi connectivity index (χ1n) is 24.0. The van der Waals surface area contributed by atoms with Gasteiger partial charge in [-0.15, -0.1) is 11.8 Å². The highest BCUT2D eigenvalue weighted by atomic mass is 32.2. The van der Waals surface area contributed by atoms with E-state index < -0.39 is 77.8 Å². The summed E-state index contributed by atoms with van der Waals surface area (Å²) in [4.78, 5) is 71.9. The standard InChI is InChI=1S/C51H77NO12S/c1-30-15-11-10-12-16-35(6)50(29-65-50)28-38-20-18-36(7)51(60,64-38)47(57)48(58)52-22-14-13-17-39(52)49(59)63-42(32(3)25-37-19-21-40(53)43(26-37)61-8)27-41(54)31(2)24-34(5)45(56)46(62-9)44(55)33(4)23-30/h10-12,15-16,24,30-33,36-40,42-43,45-46,53,56,60H,13-14,17-23,25-29H2,1-9H3/b12-10+,15-11+,34-24+,35-16+/t30-,31-,32-,33-,36-,37+,38+,39+,40-,42+,43-,45-,46+,50?,51-/m1/s1. The van der Waals surface area contributed by atoms with Gasteiger partial charge in [0.15, 0.2) is 5.78 Å². The van der Waals surface area contributed by atoms with Crippen molar-refractivity contribution >= 4 is 41.0 Å². The molecule has 3 N–H and O–H groups in total. The number of allylic oxidation sites excluding steroid dienone is 6. The second-order valence-corrected chi connectivity index (χ2v) is 21.4. The van der Waals surface area contributed by atoms with E-state index in [1.807, 2.05) is 45.1 Å². The number of aliphatic hydroxyl groups excluding tert-OH is 2. The smallest absolute Gasteiger partial charge is 0.329 e. The minimum absolute atomic E-state index is 0.0458. The van der Waals surface area contributed by atoms with E-state index in [0.717, 1.165) is 17.7 Å². The number of hydrogen-bond donors (Lipinski definition) is 3. The third-order valence-corrected chi connectivity index (χ3v) is 16.4. The maximum Gasteiger partial charge on any atom is 0.329 e. The normalized spacial score (nSPS) is 42.2.